The summed E-state index contributed by atoms with van der Waals surface area (Å²) < 4.78 is 0. The monoisotopic (exact) mass is 376 g/mol. The number of nitrogens with zero attached hydrogens (tertiary/aromatic N) is 4. The maximum absolute atomic E-state index is 13.0. The molecule has 0 saturated carbocycles. The Morgan fingerprint density at radius 3 is 2.73 bits per heavy atom. The highest BCUT2D eigenvalue weighted by Crippen LogP contribution is 2.19. The Morgan fingerprint density at radius 1 is 1.15 bits per heavy atom. The fourth-order valence-corrected chi connectivity index (χ4v) is 3.71. The number of amides is 1. The van der Waals surface area contributed by atoms with E-state index in [9.17, 15) is 4.79 Å². The van der Waals surface area contributed by atoms with E-state index in [0.717, 1.165) is 37.2 Å². The highest BCUT2D eigenvalue weighted by molar-refractivity contribution is 6.29. The molecule has 3 rings (SSSR count). The normalized spacial score (nSPS) is 21.4. The average Bonchev–Trinajstić information content (AvgIpc) is 3.04. The number of guanidine groups is 1. The predicted molar refractivity (Wildman–Crippen MR) is 107 cm³/mol. The third kappa shape index (κ3) is 4.77. The van der Waals surface area contributed by atoms with Gasteiger partial charge in [-0.1, -0.05) is 43.5 Å². The maximum Gasteiger partial charge on any atom is 0.260 e. The fraction of sp³-hybridized carbons (Fsp3) is 0.600. The SMILES string of the molecule is CCCCCN1CCN(C2=NCCN2C(=O)C2=CC=C(Cl)CC=C2)CC1. The Labute approximate surface area is 161 Å². The van der Waals surface area contributed by atoms with Crippen LogP contribution in [0.15, 0.2) is 39.9 Å². The van der Waals surface area contributed by atoms with Gasteiger partial charge in [-0.05, 0) is 25.1 Å². The third-order valence-electron chi connectivity index (χ3n) is 5.10. The van der Waals surface area contributed by atoms with Crippen molar-refractivity contribution in [2.45, 2.75) is 32.6 Å². The van der Waals surface area contributed by atoms with Crippen molar-refractivity contribution < 1.29 is 4.79 Å². The van der Waals surface area contributed by atoms with Gasteiger partial charge in [-0.15, -0.1) is 0 Å². The summed E-state index contributed by atoms with van der Waals surface area (Å²) in [5.74, 6) is 0.863. The number of unbranched alkanes of at least 4 members (excludes halogenated alkanes) is 2. The van der Waals surface area contributed by atoms with Crippen LogP contribution in [0.1, 0.15) is 32.6 Å². The zero-order chi connectivity index (χ0) is 18.4. The van der Waals surface area contributed by atoms with Crippen molar-refractivity contribution >= 4 is 23.5 Å². The van der Waals surface area contributed by atoms with Crippen LogP contribution in [0.25, 0.3) is 0 Å². The lowest BCUT2D eigenvalue weighted by atomic mass is 10.2. The molecule has 2 heterocycles. The zero-order valence-electron chi connectivity index (χ0n) is 15.7. The number of hydrogen-bond acceptors (Lipinski definition) is 4. The second kappa shape index (κ2) is 9.38. The molecular formula is C20H29ClN4O. The number of hydrogen-bond donors (Lipinski definition) is 0. The summed E-state index contributed by atoms with van der Waals surface area (Å²) in [5, 5.41) is 0.749. The van der Waals surface area contributed by atoms with Crippen molar-refractivity contribution in [3.63, 3.8) is 0 Å². The lowest BCUT2D eigenvalue weighted by Crippen LogP contribution is -2.53. The molecule has 142 valence electrons. The van der Waals surface area contributed by atoms with E-state index in [1.807, 2.05) is 29.2 Å². The van der Waals surface area contributed by atoms with E-state index in [0.29, 0.717) is 25.1 Å². The molecule has 0 radical (unpaired) electrons. The largest absolute Gasteiger partial charge is 0.340 e. The lowest BCUT2D eigenvalue weighted by Gasteiger charge is -2.37. The van der Waals surface area contributed by atoms with Gasteiger partial charge in [0.05, 0.1) is 6.54 Å². The molecule has 0 aromatic carbocycles. The van der Waals surface area contributed by atoms with E-state index in [1.54, 1.807) is 0 Å². The predicted octanol–water partition coefficient (Wildman–Crippen LogP) is 3.00. The molecule has 0 spiro atoms. The number of allylic oxidation sites excluding steroid dienone is 4. The Bertz CT molecular complexity index is 630. The van der Waals surface area contributed by atoms with Crippen molar-refractivity contribution in [2.75, 3.05) is 45.8 Å². The molecule has 0 bridgehead atoms. The van der Waals surface area contributed by atoms with E-state index in [-0.39, 0.29) is 5.91 Å². The first kappa shape index (κ1) is 19.2. The summed E-state index contributed by atoms with van der Waals surface area (Å²) in [4.78, 5) is 24.2. The minimum atomic E-state index is 0.0190. The van der Waals surface area contributed by atoms with Crippen LogP contribution in [-0.4, -0.2) is 72.4 Å². The van der Waals surface area contributed by atoms with Crippen molar-refractivity contribution in [1.29, 1.82) is 0 Å². The Kier molecular flexibility index (Phi) is 6.92. The standard InChI is InChI=1S/C20H29ClN4O/c1-2-3-4-11-23-13-15-24(16-14-23)20-22-10-12-25(20)19(26)17-6-5-7-18(21)9-8-17/h5-6,8-9H,2-4,7,10-16H2,1H3. The van der Waals surface area contributed by atoms with Crippen molar-refractivity contribution in [3.05, 3.63) is 34.9 Å². The molecule has 0 unspecified atom stereocenters. The molecule has 3 aliphatic rings. The van der Waals surface area contributed by atoms with Gasteiger partial charge in [-0.2, -0.15) is 0 Å². The number of carbonyl (C=O) groups excluding carboxylic acids is 1. The van der Waals surface area contributed by atoms with Crippen LogP contribution >= 0.6 is 11.6 Å². The summed E-state index contributed by atoms with van der Waals surface area (Å²) in [5.41, 5.74) is 0.674. The Morgan fingerprint density at radius 2 is 1.96 bits per heavy atom. The third-order valence-corrected chi connectivity index (χ3v) is 5.38. The van der Waals surface area contributed by atoms with Crippen LogP contribution in [-0.2, 0) is 4.79 Å². The van der Waals surface area contributed by atoms with Gasteiger partial charge in [-0.25, -0.2) is 0 Å². The summed E-state index contributed by atoms with van der Waals surface area (Å²) in [6, 6.07) is 0. The zero-order valence-corrected chi connectivity index (χ0v) is 16.4. The molecule has 5 nitrogen and oxygen atoms in total. The summed E-state index contributed by atoms with van der Waals surface area (Å²) in [7, 11) is 0. The molecule has 0 aromatic rings. The van der Waals surface area contributed by atoms with Gasteiger partial charge in [0.25, 0.3) is 5.91 Å². The van der Waals surface area contributed by atoms with Gasteiger partial charge >= 0.3 is 0 Å². The molecule has 2 aliphatic heterocycles. The molecule has 6 heteroatoms. The minimum absolute atomic E-state index is 0.0190. The lowest BCUT2D eigenvalue weighted by molar-refractivity contribution is -0.123. The quantitative estimate of drug-likeness (QED) is 0.692. The van der Waals surface area contributed by atoms with E-state index < -0.39 is 0 Å². The van der Waals surface area contributed by atoms with Crippen LogP contribution < -0.4 is 0 Å². The smallest absolute Gasteiger partial charge is 0.260 e. The van der Waals surface area contributed by atoms with Crippen LogP contribution in [0.4, 0.5) is 0 Å². The average molecular weight is 377 g/mol. The topological polar surface area (TPSA) is 39.1 Å². The first-order valence-electron chi connectivity index (χ1n) is 9.75. The summed E-state index contributed by atoms with van der Waals surface area (Å²) in [6.07, 6.45) is 12.0. The van der Waals surface area contributed by atoms with Gasteiger partial charge in [0.15, 0.2) is 0 Å². The molecule has 1 fully saturated rings. The second-order valence-corrected chi connectivity index (χ2v) is 7.50. The number of rotatable bonds is 5. The first-order chi connectivity index (χ1) is 12.7. The highest BCUT2D eigenvalue weighted by Gasteiger charge is 2.31. The maximum atomic E-state index is 13.0. The van der Waals surface area contributed by atoms with Crippen molar-refractivity contribution in [3.8, 4) is 0 Å². The van der Waals surface area contributed by atoms with Crippen LogP contribution in [0.2, 0.25) is 0 Å². The molecule has 0 aromatic heterocycles. The fourth-order valence-electron chi connectivity index (χ4n) is 3.56. The Balaban J connectivity index is 1.58. The summed E-state index contributed by atoms with van der Waals surface area (Å²) in [6.45, 7) is 8.74. The van der Waals surface area contributed by atoms with E-state index in [4.69, 9.17) is 11.6 Å². The molecule has 0 atom stereocenters. The molecule has 26 heavy (non-hydrogen) atoms. The van der Waals surface area contributed by atoms with Gasteiger partial charge in [-0.3, -0.25) is 19.6 Å². The molecule has 1 amide bonds. The number of halogens is 1. The van der Waals surface area contributed by atoms with E-state index in [1.165, 1.54) is 25.8 Å². The van der Waals surface area contributed by atoms with Gasteiger partial charge in [0, 0.05) is 49.7 Å². The molecule has 0 N–H and O–H groups in total. The Hall–Kier alpha value is -1.59. The minimum Gasteiger partial charge on any atom is -0.340 e. The molecule has 1 aliphatic carbocycles. The van der Waals surface area contributed by atoms with Gasteiger partial charge < -0.3 is 4.90 Å². The number of aliphatic imine (C=N–C) groups is 1. The van der Waals surface area contributed by atoms with Gasteiger partial charge in [0.1, 0.15) is 0 Å². The van der Waals surface area contributed by atoms with Crippen molar-refractivity contribution in [2.24, 2.45) is 4.99 Å². The number of carbonyl (C=O) groups is 1. The van der Waals surface area contributed by atoms with Crippen LogP contribution in [0, 0.1) is 0 Å². The summed E-state index contributed by atoms with van der Waals surface area (Å²) >= 11 is 6.06. The van der Waals surface area contributed by atoms with Gasteiger partial charge in [0.2, 0.25) is 5.96 Å². The molecular weight excluding hydrogens is 348 g/mol. The highest BCUT2D eigenvalue weighted by atomic mass is 35.5. The second-order valence-electron chi connectivity index (χ2n) is 7.02. The number of piperazine rings is 1. The van der Waals surface area contributed by atoms with Crippen LogP contribution in [0.3, 0.4) is 0 Å². The van der Waals surface area contributed by atoms with E-state index >= 15 is 0 Å². The first-order valence-corrected chi connectivity index (χ1v) is 10.1. The molecule has 1 saturated heterocycles. The van der Waals surface area contributed by atoms with E-state index in [2.05, 4.69) is 21.7 Å². The van der Waals surface area contributed by atoms with Crippen LogP contribution in [0.5, 0.6) is 0 Å². The van der Waals surface area contributed by atoms with Crippen molar-refractivity contribution in [1.82, 2.24) is 14.7 Å².